The lowest BCUT2D eigenvalue weighted by Gasteiger charge is -2.05. The van der Waals surface area contributed by atoms with Gasteiger partial charge in [-0.15, -0.1) is 0 Å². The van der Waals surface area contributed by atoms with Crippen LogP contribution in [0.15, 0.2) is 72.8 Å². The highest BCUT2D eigenvalue weighted by Crippen LogP contribution is 2.29. The topological polar surface area (TPSA) is 110 Å². The van der Waals surface area contributed by atoms with Gasteiger partial charge in [0.1, 0.15) is 5.52 Å². The number of anilines is 1. The number of aryl methyl sites for hydroxylation is 1. The maximum absolute atomic E-state index is 12.1. The van der Waals surface area contributed by atoms with Crippen molar-refractivity contribution < 1.29 is 14.9 Å². The number of nitrogens with zero attached hydrogens (tertiary/aromatic N) is 3. The van der Waals surface area contributed by atoms with Crippen LogP contribution in [0.3, 0.4) is 0 Å². The number of rotatable bonds is 5. The van der Waals surface area contributed by atoms with E-state index in [2.05, 4.69) is 10.3 Å². The van der Waals surface area contributed by atoms with Crippen molar-refractivity contribution in [3.8, 4) is 11.4 Å². The largest absolute Gasteiger partial charge is 0.426 e. The Labute approximate surface area is 177 Å². The molecule has 0 spiro atoms. The number of carbonyl (C=O) groups is 1. The van der Waals surface area contributed by atoms with Crippen molar-refractivity contribution in [1.29, 1.82) is 0 Å². The number of carbonyl (C=O) groups excluding carboxylic acids is 1. The predicted octanol–water partition coefficient (Wildman–Crippen LogP) is 4.81. The molecule has 3 aromatic carbocycles. The molecule has 4 aromatic rings. The Kier molecular flexibility index (Phi) is 5.19. The first-order chi connectivity index (χ1) is 14.9. The number of nitro benzene ring substituents is 1. The molecule has 0 aliphatic heterocycles. The lowest BCUT2D eigenvalue weighted by molar-refractivity contribution is -0.385. The van der Waals surface area contributed by atoms with Gasteiger partial charge >= 0.3 is 0 Å². The van der Waals surface area contributed by atoms with Crippen molar-refractivity contribution in [3.63, 3.8) is 0 Å². The van der Waals surface area contributed by atoms with Crippen LogP contribution in [-0.2, 0) is 4.79 Å². The SMILES string of the molecule is Cc1cc2nc(-c3ccc(NC(=O)/C=C/c4ccccc4)cc3)n(O)c2cc1[N+](=O)[O-]. The Morgan fingerprint density at radius 3 is 2.52 bits per heavy atom. The number of imidazole rings is 1. The van der Waals surface area contributed by atoms with E-state index in [1.807, 2.05) is 30.3 Å². The smallest absolute Gasteiger partial charge is 0.274 e. The van der Waals surface area contributed by atoms with Gasteiger partial charge in [0.05, 0.1) is 10.4 Å². The first-order valence-corrected chi connectivity index (χ1v) is 9.43. The minimum Gasteiger partial charge on any atom is -0.426 e. The van der Waals surface area contributed by atoms with Crippen molar-refractivity contribution in [2.75, 3.05) is 5.32 Å². The van der Waals surface area contributed by atoms with E-state index in [1.165, 1.54) is 12.1 Å². The summed E-state index contributed by atoms with van der Waals surface area (Å²) in [5.41, 5.74) is 3.17. The molecule has 0 saturated carbocycles. The van der Waals surface area contributed by atoms with Crippen molar-refractivity contribution >= 4 is 34.4 Å². The molecule has 4 rings (SSSR count). The van der Waals surface area contributed by atoms with Gasteiger partial charge in [0, 0.05) is 29.0 Å². The van der Waals surface area contributed by atoms with Gasteiger partial charge in [0.15, 0.2) is 5.82 Å². The van der Waals surface area contributed by atoms with Crippen LogP contribution in [0.25, 0.3) is 28.5 Å². The van der Waals surface area contributed by atoms with Crippen LogP contribution < -0.4 is 5.32 Å². The van der Waals surface area contributed by atoms with Gasteiger partial charge in [-0.3, -0.25) is 14.9 Å². The van der Waals surface area contributed by atoms with Gasteiger partial charge in [-0.25, -0.2) is 4.98 Å². The third-order valence-corrected chi connectivity index (χ3v) is 4.78. The molecule has 1 aromatic heterocycles. The van der Waals surface area contributed by atoms with E-state index in [0.29, 0.717) is 22.3 Å². The number of amides is 1. The molecule has 1 amide bonds. The molecule has 0 atom stereocenters. The molecule has 0 aliphatic rings. The molecule has 0 bridgehead atoms. The summed E-state index contributed by atoms with van der Waals surface area (Å²) in [5.74, 6) is -0.0227. The Balaban J connectivity index is 1.54. The maximum atomic E-state index is 12.1. The van der Waals surface area contributed by atoms with Gasteiger partial charge in [0.2, 0.25) is 5.91 Å². The average Bonchev–Trinajstić information content (AvgIpc) is 3.08. The van der Waals surface area contributed by atoms with Crippen LogP contribution in [0.2, 0.25) is 0 Å². The number of benzene rings is 3. The van der Waals surface area contributed by atoms with Crippen LogP contribution in [0, 0.1) is 17.0 Å². The summed E-state index contributed by atoms with van der Waals surface area (Å²) in [6, 6.07) is 19.1. The zero-order valence-electron chi connectivity index (χ0n) is 16.5. The molecular formula is C23H18N4O4. The summed E-state index contributed by atoms with van der Waals surface area (Å²) in [7, 11) is 0. The number of hydrogen-bond acceptors (Lipinski definition) is 5. The number of nitrogens with one attached hydrogen (secondary N) is 1. The molecule has 0 radical (unpaired) electrons. The molecule has 2 N–H and O–H groups in total. The summed E-state index contributed by atoms with van der Waals surface area (Å²) < 4.78 is 0.831. The van der Waals surface area contributed by atoms with Crippen molar-refractivity contribution in [1.82, 2.24) is 9.71 Å². The third-order valence-electron chi connectivity index (χ3n) is 4.78. The van der Waals surface area contributed by atoms with Crippen LogP contribution in [0.1, 0.15) is 11.1 Å². The van der Waals surface area contributed by atoms with E-state index >= 15 is 0 Å². The van der Waals surface area contributed by atoms with Gasteiger partial charge in [-0.1, -0.05) is 30.3 Å². The highest BCUT2D eigenvalue weighted by Gasteiger charge is 2.18. The molecule has 0 aliphatic carbocycles. The summed E-state index contributed by atoms with van der Waals surface area (Å²) in [5, 5.41) is 24.4. The Bertz CT molecular complexity index is 1310. The normalized spacial score (nSPS) is 11.1. The molecule has 154 valence electrons. The van der Waals surface area contributed by atoms with E-state index in [9.17, 15) is 20.1 Å². The summed E-state index contributed by atoms with van der Waals surface area (Å²) >= 11 is 0. The summed E-state index contributed by atoms with van der Waals surface area (Å²) in [6.45, 7) is 1.62. The minimum atomic E-state index is -0.495. The zero-order chi connectivity index (χ0) is 22.0. The van der Waals surface area contributed by atoms with Crippen molar-refractivity contribution in [2.24, 2.45) is 0 Å². The van der Waals surface area contributed by atoms with E-state index in [-0.39, 0.29) is 22.9 Å². The number of hydrogen-bond donors (Lipinski definition) is 2. The second kappa shape index (κ2) is 8.11. The summed E-state index contributed by atoms with van der Waals surface area (Å²) in [6.07, 6.45) is 3.17. The van der Waals surface area contributed by atoms with Crippen molar-refractivity contribution in [3.05, 3.63) is 94.0 Å². The standard InChI is InChI=1S/C23H18N4O4/c1-15-13-19-21(14-20(15)27(30)31)26(29)23(25-19)17-8-10-18(11-9-17)24-22(28)12-7-16-5-3-2-4-6-16/h2-14,29H,1H3,(H,24,28)/b12-7+. The monoisotopic (exact) mass is 414 g/mol. The fraction of sp³-hybridized carbons (Fsp3) is 0.0435. The first-order valence-electron chi connectivity index (χ1n) is 9.43. The first kappa shape index (κ1) is 19.8. The van der Waals surface area contributed by atoms with E-state index in [0.717, 1.165) is 10.3 Å². The molecule has 31 heavy (non-hydrogen) atoms. The zero-order valence-corrected chi connectivity index (χ0v) is 16.5. The van der Waals surface area contributed by atoms with Crippen LogP contribution in [-0.4, -0.2) is 25.8 Å². The molecule has 0 fully saturated rings. The minimum absolute atomic E-state index is 0.0872. The lowest BCUT2D eigenvalue weighted by Crippen LogP contribution is -2.07. The maximum Gasteiger partial charge on any atom is 0.274 e. The van der Waals surface area contributed by atoms with Gasteiger partial charge in [-0.05, 0) is 48.9 Å². The van der Waals surface area contributed by atoms with Gasteiger partial charge in [-0.2, -0.15) is 4.73 Å². The molecule has 0 unspecified atom stereocenters. The van der Waals surface area contributed by atoms with E-state index in [4.69, 9.17) is 0 Å². The Morgan fingerprint density at radius 2 is 1.84 bits per heavy atom. The van der Waals surface area contributed by atoms with Crippen LogP contribution >= 0.6 is 0 Å². The van der Waals surface area contributed by atoms with Crippen LogP contribution in [0.5, 0.6) is 0 Å². The second-order valence-corrected chi connectivity index (χ2v) is 6.94. The highest BCUT2D eigenvalue weighted by molar-refractivity contribution is 6.02. The average molecular weight is 414 g/mol. The second-order valence-electron chi connectivity index (χ2n) is 6.94. The third kappa shape index (κ3) is 4.13. The molecular weight excluding hydrogens is 396 g/mol. The molecule has 0 saturated heterocycles. The quantitative estimate of drug-likeness (QED) is 0.211. The van der Waals surface area contributed by atoms with Crippen LogP contribution in [0.4, 0.5) is 11.4 Å². The van der Waals surface area contributed by atoms with Crippen molar-refractivity contribution in [2.45, 2.75) is 6.92 Å². The molecule has 8 nitrogen and oxygen atoms in total. The lowest BCUT2D eigenvalue weighted by atomic mass is 10.2. The number of nitro groups is 1. The fourth-order valence-electron chi connectivity index (χ4n) is 3.21. The highest BCUT2D eigenvalue weighted by atomic mass is 16.6. The predicted molar refractivity (Wildman–Crippen MR) is 118 cm³/mol. The number of aromatic nitrogens is 2. The fourth-order valence-corrected chi connectivity index (χ4v) is 3.21. The molecule has 1 heterocycles. The van der Waals surface area contributed by atoms with Gasteiger partial charge in [0.25, 0.3) is 5.69 Å². The summed E-state index contributed by atoms with van der Waals surface area (Å²) in [4.78, 5) is 27.2. The van der Waals surface area contributed by atoms with E-state index in [1.54, 1.807) is 43.3 Å². The molecule has 8 heteroatoms. The number of fused-ring (bicyclic) bond motifs is 1. The Hall–Kier alpha value is -4.46. The van der Waals surface area contributed by atoms with E-state index < -0.39 is 4.92 Å². The Morgan fingerprint density at radius 1 is 1.13 bits per heavy atom. The van der Waals surface area contributed by atoms with Gasteiger partial charge < -0.3 is 10.5 Å².